The minimum absolute atomic E-state index is 0.157. The molecule has 1 aromatic rings. The number of benzene rings is 1. The molecule has 148 valence electrons. The van der Waals surface area contributed by atoms with Crippen LogP contribution in [0.5, 0.6) is 0 Å². The summed E-state index contributed by atoms with van der Waals surface area (Å²) in [6, 6.07) is 10.3. The summed E-state index contributed by atoms with van der Waals surface area (Å²) in [4.78, 5) is 17.3. The maximum Gasteiger partial charge on any atom is 0.330 e. The van der Waals surface area contributed by atoms with Crippen molar-refractivity contribution >= 4 is 13.5 Å². The van der Waals surface area contributed by atoms with Gasteiger partial charge in [0.25, 0.3) is 0 Å². The normalized spacial score (nSPS) is 11.5. The van der Waals surface area contributed by atoms with E-state index in [1.807, 2.05) is 18.2 Å². The minimum atomic E-state index is -3.07. The molecule has 0 saturated heterocycles. The van der Waals surface area contributed by atoms with Gasteiger partial charge in [0, 0.05) is 13.5 Å². The van der Waals surface area contributed by atoms with Crippen LogP contribution in [0.4, 0.5) is 0 Å². The number of unbranched alkanes of at least 4 members (excludes halogenated alkanes) is 1. The Morgan fingerprint density at radius 1 is 1.04 bits per heavy atom. The topological polar surface area (TPSA) is 65.1 Å². The minimum Gasteiger partial charge on any atom is -0.309 e. The number of carbonyl (C=O) groups is 1. The first-order valence-electron chi connectivity index (χ1n) is 9.33. The molecule has 0 aromatic heterocycles. The van der Waals surface area contributed by atoms with Crippen LogP contribution >= 0.6 is 7.60 Å². The first-order chi connectivity index (χ1) is 12.5. The molecule has 1 aromatic carbocycles. The van der Waals surface area contributed by atoms with E-state index in [0.717, 1.165) is 19.3 Å². The van der Waals surface area contributed by atoms with Crippen LogP contribution in [0.1, 0.15) is 45.6 Å². The molecule has 0 aliphatic carbocycles. The SMILES string of the molecule is CCOP(=O)(CCCN(OCCCCc1ccccc1)C(C)=O)OCC. The van der Waals surface area contributed by atoms with E-state index in [2.05, 4.69) is 12.1 Å². The van der Waals surface area contributed by atoms with Gasteiger partial charge < -0.3 is 9.05 Å². The molecule has 0 aliphatic rings. The molecule has 0 radical (unpaired) electrons. The Bertz CT molecular complexity index is 542. The van der Waals surface area contributed by atoms with Gasteiger partial charge in [-0.15, -0.1) is 0 Å². The lowest BCUT2D eigenvalue weighted by molar-refractivity contribution is -0.184. The number of carbonyl (C=O) groups excluding carboxylic acids is 1. The Morgan fingerprint density at radius 2 is 1.69 bits per heavy atom. The lowest BCUT2D eigenvalue weighted by Crippen LogP contribution is -2.31. The lowest BCUT2D eigenvalue weighted by Gasteiger charge is -2.22. The fourth-order valence-electron chi connectivity index (χ4n) is 2.53. The fraction of sp³-hybridized carbons (Fsp3) is 0.632. The van der Waals surface area contributed by atoms with Gasteiger partial charge in [-0.25, -0.2) is 5.06 Å². The highest BCUT2D eigenvalue weighted by atomic mass is 31.2. The van der Waals surface area contributed by atoms with Gasteiger partial charge in [-0.3, -0.25) is 14.2 Å². The van der Waals surface area contributed by atoms with Crippen molar-refractivity contribution < 1.29 is 23.2 Å². The number of hydroxylamine groups is 2. The van der Waals surface area contributed by atoms with E-state index < -0.39 is 7.60 Å². The van der Waals surface area contributed by atoms with Crippen molar-refractivity contribution in [2.45, 2.75) is 46.5 Å². The average molecular weight is 385 g/mol. The molecule has 0 unspecified atom stereocenters. The van der Waals surface area contributed by atoms with Crippen molar-refractivity contribution in [3.05, 3.63) is 35.9 Å². The third kappa shape index (κ3) is 9.48. The van der Waals surface area contributed by atoms with E-state index in [4.69, 9.17) is 13.9 Å². The van der Waals surface area contributed by atoms with E-state index >= 15 is 0 Å². The Hall–Kier alpha value is -1.20. The highest BCUT2D eigenvalue weighted by Gasteiger charge is 2.23. The predicted octanol–water partition coefficient (Wildman–Crippen LogP) is 4.45. The van der Waals surface area contributed by atoms with Gasteiger partial charge in [0.15, 0.2) is 0 Å². The summed E-state index contributed by atoms with van der Waals surface area (Å²) in [5.74, 6) is -0.157. The molecule has 7 heteroatoms. The summed E-state index contributed by atoms with van der Waals surface area (Å²) in [6.07, 6.45) is 3.64. The molecule has 0 saturated carbocycles. The molecule has 0 aliphatic heterocycles. The smallest absolute Gasteiger partial charge is 0.309 e. The Labute approximate surface area is 157 Å². The number of amides is 1. The van der Waals surface area contributed by atoms with E-state index in [0.29, 0.717) is 32.8 Å². The maximum atomic E-state index is 12.4. The molecular formula is C19H32NO5P. The van der Waals surface area contributed by atoms with Crippen LogP contribution in [-0.4, -0.2) is 43.5 Å². The second-order valence-electron chi connectivity index (χ2n) is 5.92. The molecule has 0 heterocycles. The first-order valence-corrected chi connectivity index (χ1v) is 11.1. The van der Waals surface area contributed by atoms with Gasteiger partial charge in [-0.2, -0.15) is 0 Å². The first kappa shape index (κ1) is 22.8. The van der Waals surface area contributed by atoms with Crippen LogP contribution in [0, 0.1) is 0 Å². The van der Waals surface area contributed by atoms with Crippen molar-refractivity contribution in [2.24, 2.45) is 0 Å². The van der Waals surface area contributed by atoms with Crippen LogP contribution in [0.3, 0.4) is 0 Å². The van der Waals surface area contributed by atoms with Crippen LogP contribution in [0.15, 0.2) is 30.3 Å². The number of hydrogen-bond acceptors (Lipinski definition) is 5. The zero-order valence-corrected chi connectivity index (χ0v) is 17.1. The van der Waals surface area contributed by atoms with Crippen LogP contribution in [0.25, 0.3) is 0 Å². The molecule has 26 heavy (non-hydrogen) atoms. The van der Waals surface area contributed by atoms with Gasteiger partial charge in [0.1, 0.15) is 0 Å². The van der Waals surface area contributed by atoms with Crippen LogP contribution < -0.4 is 0 Å². The molecule has 0 spiro atoms. The fourth-order valence-corrected chi connectivity index (χ4v) is 4.18. The zero-order chi connectivity index (χ0) is 19.3. The molecule has 0 fully saturated rings. The third-order valence-corrected chi connectivity index (χ3v) is 5.91. The summed E-state index contributed by atoms with van der Waals surface area (Å²) in [5, 5.41) is 1.34. The van der Waals surface area contributed by atoms with E-state index in [1.165, 1.54) is 17.6 Å². The summed E-state index contributed by atoms with van der Waals surface area (Å²) < 4.78 is 22.9. The number of hydrogen-bond donors (Lipinski definition) is 0. The second-order valence-corrected chi connectivity index (χ2v) is 8.11. The number of rotatable bonds is 14. The van der Waals surface area contributed by atoms with Crippen molar-refractivity contribution in [3.8, 4) is 0 Å². The van der Waals surface area contributed by atoms with Crippen molar-refractivity contribution in [1.82, 2.24) is 5.06 Å². The molecule has 0 bridgehead atoms. The lowest BCUT2D eigenvalue weighted by atomic mass is 10.1. The summed E-state index contributed by atoms with van der Waals surface area (Å²) in [6.45, 7) is 6.57. The second kappa shape index (κ2) is 13.0. The van der Waals surface area contributed by atoms with Crippen LogP contribution in [0.2, 0.25) is 0 Å². The summed E-state index contributed by atoms with van der Waals surface area (Å²) >= 11 is 0. The van der Waals surface area contributed by atoms with Crippen molar-refractivity contribution in [1.29, 1.82) is 0 Å². The largest absolute Gasteiger partial charge is 0.330 e. The molecular weight excluding hydrogens is 353 g/mol. The van der Waals surface area contributed by atoms with Crippen LogP contribution in [-0.2, 0) is 29.7 Å². The monoisotopic (exact) mass is 385 g/mol. The highest BCUT2D eigenvalue weighted by Crippen LogP contribution is 2.48. The van der Waals surface area contributed by atoms with Crippen molar-refractivity contribution in [3.63, 3.8) is 0 Å². The zero-order valence-electron chi connectivity index (χ0n) is 16.2. The van der Waals surface area contributed by atoms with Gasteiger partial charge >= 0.3 is 7.60 Å². The Morgan fingerprint density at radius 3 is 2.27 bits per heavy atom. The molecule has 1 amide bonds. The van der Waals surface area contributed by atoms with Gasteiger partial charge in [-0.1, -0.05) is 30.3 Å². The third-order valence-electron chi connectivity index (χ3n) is 3.75. The van der Waals surface area contributed by atoms with E-state index in [-0.39, 0.29) is 12.1 Å². The van der Waals surface area contributed by atoms with Gasteiger partial charge in [0.2, 0.25) is 5.91 Å². The standard InChI is InChI=1S/C19H32NO5P/c1-4-24-26(22,25-5-2)17-11-15-20(18(3)21)23-16-10-9-14-19-12-7-6-8-13-19/h6-8,12-13H,4-5,9-11,14-17H2,1-3H3. The number of nitrogens with zero attached hydrogens (tertiary/aromatic N) is 1. The maximum absolute atomic E-state index is 12.4. The molecule has 1 rings (SSSR count). The van der Waals surface area contributed by atoms with Gasteiger partial charge in [-0.05, 0) is 45.1 Å². The highest BCUT2D eigenvalue weighted by molar-refractivity contribution is 7.53. The van der Waals surface area contributed by atoms with Crippen molar-refractivity contribution in [2.75, 3.05) is 32.5 Å². The van der Waals surface area contributed by atoms with E-state index in [9.17, 15) is 9.36 Å². The molecule has 6 nitrogen and oxygen atoms in total. The number of aryl methyl sites for hydroxylation is 1. The summed E-state index contributed by atoms with van der Waals surface area (Å²) in [7, 11) is -3.07. The Kier molecular flexibility index (Phi) is 11.5. The molecule has 0 atom stereocenters. The van der Waals surface area contributed by atoms with Gasteiger partial charge in [0.05, 0.1) is 26.0 Å². The predicted molar refractivity (Wildman–Crippen MR) is 103 cm³/mol. The van der Waals surface area contributed by atoms with E-state index in [1.54, 1.807) is 13.8 Å². The molecule has 0 N–H and O–H groups in total. The Balaban J connectivity index is 2.28. The summed E-state index contributed by atoms with van der Waals surface area (Å²) in [5.41, 5.74) is 1.30. The average Bonchev–Trinajstić information content (AvgIpc) is 2.61. The quantitative estimate of drug-likeness (QED) is 0.269.